The summed E-state index contributed by atoms with van der Waals surface area (Å²) in [5, 5.41) is 0. The molecule has 0 spiro atoms. The molecule has 2 nitrogen and oxygen atoms in total. The molecule has 0 aliphatic heterocycles. The summed E-state index contributed by atoms with van der Waals surface area (Å²) in [5.74, 6) is -2.11. The van der Waals surface area contributed by atoms with Gasteiger partial charge in [0.05, 0.1) is 18.6 Å². The Labute approximate surface area is 149 Å². The average molecular weight is 366 g/mol. The average Bonchev–Trinajstić information content (AvgIpc) is 2.58. The summed E-state index contributed by atoms with van der Waals surface area (Å²) in [5.41, 5.74) is 1.07. The summed E-state index contributed by atoms with van der Waals surface area (Å²) in [6.45, 7) is 2.87. The van der Waals surface area contributed by atoms with Gasteiger partial charge in [0.1, 0.15) is 11.6 Å². The maximum absolute atomic E-state index is 13.7. The zero-order chi connectivity index (χ0) is 19.5. The van der Waals surface area contributed by atoms with Crippen LogP contribution in [-0.2, 0) is 0 Å². The molecule has 0 N–H and O–H groups in total. The molecular weight excluding hydrogens is 348 g/mol. The van der Waals surface area contributed by atoms with Crippen molar-refractivity contribution in [2.24, 2.45) is 0 Å². The minimum Gasteiger partial charge on any atom is -0.496 e. The minimum atomic E-state index is -4.53. The second-order valence-corrected chi connectivity index (χ2v) is 5.97. The predicted molar refractivity (Wildman–Crippen MR) is 92.1 cm³/mol. The normalized spacial score (nSPS) is 13.0. The Morgan fingerprint density at radius 2 is 1.69 bits per heavy atom. The SMILES string of the molecule is COc1cc(/C=C/C(c2cc(C)c(F)c(C)c2)C(F)(F)F)ccc1C=O. The van der Waals surface area contributed by atoms with E-state index in [1.807, 2.05) is 0 Å². The van der Waals surface area contributed by atoms with Gasteiger partial charge in [0.15, 0.2) is 6.29 Å². The molecule has 0 aliphatic rings. The molecule has 0 aromatic heterocycles. The van der Waals surface area contributed by atoms with Crippen molar-refractivity contribution < 1.29 is 27.1 Å². The Morgan fingerprint density at radius 1 is 1.08 bits per heavy atom. The number of hydrogen-bond acceptors (Lipinski definition) is 2. The lowest BCUT2D eigenvalue weighted by molar-refractivity contribution is -0.139. The molecule has 0 bridgehead atoms. The lowest BCUT2D eigenvalue weighted by Gasteiger charge is -2.19. The van der Waals surface area contributed by atoms with E-state index < -0.39 is 17.9 Å². The van der Waals surface area contributed by atoms with Gasteiger partial charge in [0.25, 0.3) is 0 Å². The highest BCUT2D eigenvalue weighted by Gasteiger charge is 2.39. The molecule has 1 atom stereocenters. The third kappa shape index (κ3) is 4.31. The second-order valence-electron chi connectivity index (χ2n) is 5.97. The topological polar surface area (TPSA) is 26.3 Å². The molecule has 2 aromatic carbocycles. The highest BCUT2D eigenvalue weighted by atomic mass is 19.4. The van der Waals surface area contributed by atoms with Crippen molar-refractivity contribution in [3.8, 4) is 5.75 Å². The van der Waals surface area contributed by atoms with Gasteiger partial charge < -0.3 is 4.74 Å². The van der Waals surface area contributed by atoms with E-state index in [9.17, 15) is 22.4 Å². The standard InChI is InChI=1S/C20H18F4O2/c1-12-8-16(9-13(2)19(12)21)17(20(22,23)24)7-5-14-4-6-15(11-25)18(10-14)26-3/h4-11,17H,1-3H3/b7-5+. The Hall–Kier alpha value is -2.63. The third-order valence-corrected chi connectivity index (χ3v) is 4.04. The lowest BCUT2D eigenvalue weighted by atomic mass is 9.93. The van der Waals surface area contributed by atoms with Crippen molar-refractivity contribution in [3.63, 3.8) is 0 Å². The number of hydrogen-bond donors (Lipinski definition) is 0. The molecule has 26 heavy (non-hydrogen) atoms. The van der Waals surface area contributed by atoms with E-state index >= 15 is 0 Å². The maximum Gasteiger partial charge on any atom is 0.399 e. The summed E-state index contributed by atoms with van der Waals surface area (Å²) < 4.78 is 59.3. The maximum atomic E-state index is 13.7. The molecule has 6 heteroatoms. The first-order valence-corrected chi connectivity index (χ1v) is 7.82. The minimum absolute atomic E-state index is 0.0263. The molecule has 1 unspecified atom stereocenters. The number of ether oxygens (including phenoxy) is 1. The number of aldehydes is 1. The van der Waals surface area contributed by atoms with Crippen LogP contribution in [0.25, 0.3) is 6.08 Å². The van der Waals surface area contributed by atoms with Crippen molar-refractivity contribution in [2.45, 2.75) is 25.9 Å². The van der Waals surface area contributed by atoms with Crippen molar-refractivity contribution in [1.29, 1.82) is 0 Å². The number of methoxy groups -OCH3 is 1. The Bertz CT molecular complexity index is 815. The predicted octanol–water partition coefficient (Wildman–Crippen LogP) is 5.62. The fourth-order valence-corrected chi connectivity index (χ4v) is 2.70. The van der Waals surface area contributed by atoms with E-state index in [-0.39, 0.29) is 22.4 Å². The van der Waals surface area contributed by atoms with Gasteiger partial charge in [-0.05, 0) is 48.2 Å². The molecule has 0 heterocycles. The largest absolute Gasteiger partial charge is 0.496 e. The van der Waals surface area contributed by atoms with Gasteiger partial charge in [-0.25, -0.2) is 4.39 Å². The number of alkyl halides is 3. The van der Waals surface area contributed by atoms with Gasteiger partial charge in [-0.3, -0.25) is 4.79 Å². The highest BCUT2D eigenvalue weighted by Crippen LogP contribution is 2.37. The molecular formula is C20H18F4O2. The van der Waals surface area contributed by atoms with Gasteiger partial charge >= 0.3 is 6.18 Å². The fraction of sp³-hybridized carbons (Fsp3) is 0.250. The van der Waals surface area contributed by atoms with Crippen LogP contribution < -0.4 is 4.74 Å². The Balaban J connectivity index is 2.44. The van der Waals surface area contributed by atoms with Crippen LogP contribution in [0, 0.1) is 19.7 Å². The van der Waals surface area contributed by atoms with Crippen LogP contribution in [0.2, 0.25) is 0 Å². The van der Waals surface area contributed by atoms with E-state index in [4.69, 9.17) is 4.74 Å². The Kier molecular flexibility index (Phi) is 5.85. The summed E-state index contributed by atoms with van der Waals surface area (Å²) >= 11 is 0. The third-order valence-electron chi connectivity index (χ3n) is 4.04. The Morgan fingerprint density at radius 3 is 2.19 bits per heavy atom. The zero-order valence-corrected chi connectivity index (χ0v) is 14.5. The van der Waals surface area contributed by atoms with Gasteiger partial charge in [-0.2, -0.15) is 13.2 Å². The summed E-state index contributed by atoms with van der Waals surface area (Å²) in [6, 6.07) is 6.90. The molecule has 0 fully saturated rings. The first-order valence-electron chi connectivity index (χ1n) is 7.82. The van der Waals surface area contributed by atoms with Crippen LogP contribution in [0.15, 0.2) is 36.4 Å². The molecule has 0 aliphatic carbocycles. The highest BCUT2D eigenvalue weighted by molar-refractivity contribution is 5.80. The molecule has 2 rings (SSSR count). The van der Waals surface area contributed by atoms with Crippen molar-refractivity contribution in [3.05, 3.63) is 70.0 Å². The number of carbonyl (C=O) groups excluding carboxylic acids is 1. The quantitative estimate of drug-likeness (QED) is 0.507. The van der Waals surface area contributed by atoms with Crippen molar-refractivity contribution in [1.82, 2.24) is 0 Å². The molecule has 0 saturated heterocycles. The summed E-state index contributed by atoms with van der Waals surface area (Å²) in [7, 11) is 1.37. The number of benzene rings is 2. The van der Waals surface area contributed by atoms with E-state index in [2.05, 4.69) is 0 Å². The van der Waals surface area contributed by atoms with Crippen LogP contribution in [-0.4, -0.2) is 19.6 Å². The number of rotatable bonds is 5. The van der Waals surface area contributed by atoms with E-state index in [0.717, 1.165) is 6.08 Å². The van der Waals surface area contributed by atoms with Crippen LogP contribution in [0.5, 0.6) is 5.75 Å². The van der Waals surface area contributed by atoms with Crippen LogP contribution in [0.1, 0.15) is 38.5 Å². The molecule has 2 aromatic rings. The first-order chi connectivity index (χ1) is 12.2. The molecule has 0 saturated carbocycles. The molecule has 0 amide bonds. The van der Waals surface area contributed by atoms with Gasteiger partial charge in [-0.1, -0.05) is 30.4 Å². The summed E-state index contributed by atoms with van der Waals surface area (Å²) in [4.78, 5) is 10.9. The number of aryl methyl sites for hydroxylation is 2. The zero-order valence-electron chi connectivity index (χ0n) is 14.5. The number of halogens is 4. The van der Waals surface area contributed by atoms with Gasteiger partial charge in [0, 0.05) is 0 Å². The van der Waals surface area contributed by atoms with Crippen molar-refractivity contribution in [2.75, 3.05) is 7.11 Å². The lowest BCUT2D eigenvalue weighted by Crippen LogP contribution is -2.19. The smallest absolute Gasteiger partial charge is 0.399 e. The van der Waals surface area contributed by atoms with Crippen LogP contribution in [0.3, 0.4) is 0 Å². The molecule has 138 valence electrons. The monoisotopic (exact) mass is 366 g/mol. The fourth-order valence-electron chi connectivity index (χ4n) is 2.70. The van der Waals surface area contributed by atoms with Crippen LogP contribution >= 0.6 is 0 Å². The number of allylic oxidation sites excluding steroid dienone is 1. The first kappa shape index (κ1) is 19.7. The van der Waals surface area contributed by atoms with Gasteiger partial charge in [-0.15, -0.1) is 0 Å². The van der Waals surface area contributed by atoms with Crippen LogP contribution in [0.4, 0.5) is 17.6 Å². The number of carbonyl (C=O) groups is 1. The van der Waals surface area contributed by atoms with Gasteiger partial charge in [0.2, 0.25) is 0 Å². The van der Waals surface area contributed by atoms with E-state index in [1.165, 1.54) is 57.4 Å². The van der Waals surface area contributed by atoms with E-state index in [0.29, 0.717) is 17.4 Å². The second kappa shape index (κ2) is 7.72. The molecule has 0 radical (unpaired) electrons. The van der Waals surface area contributed by atoms with Crippen molar-refractivity contribution >= 4 is 12.4 Å². The summed E-state index contributed by atoms with van der Waals surface area (Å²) in [6.07, 6.45) is -1.60. The van der Waals surface area contributed by atoms with E-state index in [1.54, 1.807) is 0 Å².